The molecule has 8 bridgehead atoms. The van der Waals surface area contributed by atoms with Crippen LogP contribution in [0.15, 0.2) is 6.33 Å². The van der Waals surface area contributed by atoms with Gasteiger partial charge in [0.1, 0.15) is 36.6 Å². The smallest absolute Gasteiger partial charge is 0.478 e. The van der Waals surface area contributed by atoms with E-state index in [-0.39, 0.29) is 22.9 Å². The van der Waals surface area contributed by atoms with Crippen LogP contribution in [0.3, 0.4) is 0 Å². The first-order chi connectivity index (χ1) is 17.7. The topological polar surface area (TPSA) is 268 Å². The lowest BCUT2D eigenvalue weighted by molar-refractivity contribution is -0.755. The largest absolute Gasteiger partial charge is 0.756 e. The van der Waals surface area contributed by atoms with Crippen molar-refractivity contribution in [3.63, 3.8) is 0 Å². The van der Waals surface area contributed by atoms with E-state index < -0.39 is 77.9 Å². The number of nitrogens with two attached hydrogens (primary N) is 1. The minimum Gasteiger partial charge on any atom is -0.756 e. The Morgan fingerprint density at radius 2 is 1.71 bits per heavy atom. The van der Waals surface area contributed by atoms with E-state index in [0.717, 1.165) is 4.57 Å². The fourth-order valence-electron chi connectivity index (χ4n) is 4.44. The summed E-state index contributed by atoms with van der Waals surface area (Å²) in [4.78, 5) is 32.4. The molecule has 4 aliphatic rings. The van der Waals surface area contributed by atoms with Crippen LogP contribution in [-0.2, 0) is 32.0 Å². The molecule has 10 atom stereocenters. The molecule has 2 aromatic rings. The van der Waals surface area contributed by atoms with Crippen LogP contribution in [0.1, 0.15) is 12.5 Å². The fraction of sp³-hybridized carbons (Fsp3) is 0.706. The average Bonchev–Trinajstić information content (AvgIpc) is 3.44. The van der Waals surface area contributed by atoms with E-state index in [1.807, 2.05) is 0 Å². The van der Waals surface area contributed by atoms with Gasteiger partial charge in [-0.2, -0.15) is 0 Å². The molecule has 6 rings (SSSR count). The second-order valence-corrected chi connectivity index (χ2v) is 12.1. The summed E-state index contributed by atoms with van der Waals surface area (Å²) in [5.74, 6) is 0.0955. The summed E-state index contributed by atoms with van der Waals surface area (Å²) in [6.07, 6.45) is -11.0. The number of ether oxygens (including phenoxy) is 2. The molecular formula is C17H26N6O13P2. The molecule has 2 fully saturated rings. The fourth-order valence-corrected chi connectivity index (χ4v) is 6.50. The van der Waals surface area contributed by atoms with Crippen molar-refractivity contribution in [2.45, 2.75) is 49.1 Å². The van der Waals surface area contributed by atoms with Crippen molar-refractivity contribution in [1.82, 2.24) is 14.5 Å². The summed E-state index contributed by atoms with van der Waals surface area (Å²) in [5, 5.41) is 42.3. The monoisotopic (exact) mass is 584 g/mol. The molecule has 4 aliphatic heterocycles. The zero-order valence-electron chi connectivity index (χ0n) is 19.8. The lowest BCUT2D eigenvalue weighted by Gasteiger charge is -2.26. The summed E-state index contributed by atoms with van der Waals surface area (Å²) in [6.45, 7) is -1.79. The first kappa shape index (κ1) is 27.7. The number of phosphoric ester groups is 2. The Morgan fingerprint density at radius 3 is 2.39 bits per heavy atom. The highest BCUT2D eigenvalue weighted by Crippen LogP contribution is 2.58. The highest BCUT2D eigenvalue weighted by Gasteiger charge is 2.50. The molecular weight excluding hydrogens is 558 g/mol. The number of hydrogen-bond donors (Lipinski definition) is 6. The van der Waals surface area contributed by atoms with E-state index in [2.05, 4.69) is 23.3 Å². The Kier molecular flexibility index (Phi) is 7.05. The number of imidazole rings is 1. The molecule has 7 N–H and O–H groups in total. The number of aromatic nitrogens is 4. The van der Waals surface area contributed by atoms with Gasteiger partial charge in [0, 0.05) is 14.1 Å². The maximum Gasteiger partial charge on any atom is 0.478 e. The molecule has 19 nitrogen and oxygen atoms in total. The van der Waals surface area contributed by atoms with E-state index in [1.54, 1.807) is 14.1 Å². The van der Waals surface area contributed by atoms with Gasteiger partial charge in [-0.1, -0.05) is 4.98 Å². The molecule has 2 unspecified atom stereocenters. The maximum absolute atomic E-state index is 12.2. The molecule has 0 radical (unpaired) electrons. The van der Waals surface area contributed by atoms with Gasteiger partial charge in [0.2, 0.25) is 24.2 Å². The van der Waals surface area contributed by atoms with Crippen molar-refractivity contribution >= 4 is 38.6 Å². The molecule has 0 saturated carbocycles. The Morgan fingerprint density at radius 1 is 1.08 bits per heavy atom. The van der Waals surface area contributed by atoms with Gasteiger partial charge in [0.05, 0.1) is 13.2 Å². The Labute approximate surface area is 213 Å². The van der Waals surface area contributed by atoms with Gasteiger partial charge in [0.25, 0.3) is 13.6 Å². The molecule has 0 aromatic carbocycles. The van der Waals surface area contributed by atoms with Gasteiger partial charge < -0.3 is 54.8 Å². The van der Waals surface area contributed by atoms with Crippen LogP contribution in [0.25, 0.3) is 11.2 Å². The van der Waals surface area contributed by atoms with Gasteiger partial charge in [-0.15, -0.1) is 0 Å². The predicted molar refractivity (Wildman–Crippen MR) is 119 cm³/mol. The van der Waals surface area contributed by atoms with Crippen LogP contribution in [0.5, 0.6) is 0 Å². The number of hydrogen-bond acceptors (Lipinski definition) is 16. The first-order valence-corrected chi connectivity index (χ1v) is 14.1. The number of anilines is 2. The van der Waals surface area contributed by atoms with Crippen molar-refractivity contribution < 1.29 is 66.7 Å². The Balaban J connectivity index is 1.64. The van der Waals surface area contributed by atoms with Crippen LogP contribution in [0.4, 0.5) is 11.8 Å². The van der Waals surface area contributed by atoms with Crippen LogP contribution in [0.2, 0.25) is 0 Å². The second-order valence-electron chi connectivity index (χ2n) is 9.07. The highest BCUT2D eigenvalue weighted by molar-refractivity contribution is 7.60. The summed E-state index contributed by atoms with van der Waals surface area (Å²) in [5.41, 5.74) is 6.50. The third kappa shape index (κ3) is 4.73. The van der Waals surface area contributed by atoms with E-state index in [1.165, 1.54) is 15.8 Å². The van der Waals surface area contributed by atoms with Gasteiger partial charge in [-0.25, -0.2) is 18.4 Å². The van der Waals surface area contributed by atoms with Crippen molar-refractivity contribution in [3.05, 3.63) is 6.33 Å². The molecule has 0 amide bonds. The molecule has 0 spiro atoms. The molecule has 38 heavy (non-hydrogen) atoms. The molecule has 6 heterocycles. The third-order valence-electron chi connectivity index (χ3n) is 6.30. The summed E-state index contributed by atoms with van der Waals surface area (Å²) < 4.78 is 51.6. The van der Waals surface area contributed by atoms with Crippen LogP contribution >= 0.6 is 15.6 Å². The number of rotatable bonds is 1. The predicted octanol–water partition coefficient (Wildman–Crippen LogP) is -3.76. The minimum absolute atomic E-state index is 0.0737. The maximum atomic E-state index is 12.2. The first-order valence-electron chi connectivity index (χ1n) is 11.1. The quantitative estimate of drug-likeness (QED) is 0.139. The normalized spacial score (nSPS) is 42.0. The van der Waals surface area contributed by atoms with Gasteiger partial charge in [0.15, 0.2) is 11.7 Å². The van der Waals surface area contributed by atoms with Gasteiger partial charge in [-0.3, -0.25) is 13.7 Å². The van der Waals surface area contributed by atoms with Crippen molar-refractivity contribution in [3.8, 4) is 0 Å². The highest BCUT2D eigenvalue weighted by atomic mass is 31.3. The molecule has 2 aromatic heterocycles. The van der Waals surface area contributed by atoms with E-state index >= 15 is 0 Å². The van der Waals surface area contributed by atoms with Crippen LogP contribution < -0.4 is 20.1 Å². The second kappa shape index (κ2) is 9.67. The number of aliphatic hydroxyl groups is 4. The number of nitrogens with zero attached hydrogens (tertiary/aromatic N) is 5. The number of aliphatic hydroxyl groups excluding tert-OH is 4. The molecule has 212 valence electrons. The zero-order chi connectivity index (χ0) is 27.7. The SMILES string of the molecule is CN(C)c1nc2c(N)[n+]3cnc2n1[C@@H]1O[C@H](COP(=O)([O-])OP(=O)(O)OC[C@H]2O[C@@H]3[C@H](O)[C@@H]2O)[C@@H](O)[C@H]1O. The van der Waals surface area contributed by atoms with Crippen LogP contribution in [0, 0.1) is 0 Å². The average molecular weight is 584 g/mol. The minimum atomic E-state index is -5.52. The van der Waals surface area contributed by atoms with Crippen molar-refractivity contribution in [1.29, 1.82) is 0 Å². The third-order valence-corrected chi connectivity index (χ3v) is 8.86. The Bertz CT molecular complexity index is 1330. The van der Waals surface area contributed by atoms with Gasteiger partial charge in [-0.05, 0) is 0 Å². The summed E-state index contributed by atoms with van der Waals surface area (Å²) in [7, 11) is -7.61. The van der Waals surface area contributed by atoms with E-state index in [4.69, 9.17) is 15.2 Å². The van der Waals surface area contributed by atoms with Crippen molar-refractivity contribution in [2.75, 3.05) is 37.9 Å². The molecule has 21 heteroatoms. The number of nitrogen functional groups attached to an aromatic ring is 1. The van der Waals surface area contributed by atoms with Crippen LogP contribution in [-0.4, -0.2) is 104 Å². The zero-order valence-corrected chi connectivity index (χ0v) is 21.6. The lowest BCUT2D eigenvalue weighted by Crippen LogP contribution is -2.48. The number of phosphoric acid groups is 2. The summed E-state index contributed by atoms with van der Waals surface area (Å²) >= 11 is 0. The van der Waals surface area contributed by atoms with E-state index in [0.29, 0.717) is 0 Å². The standard InChI is InChI=1S/C17H26N6O13P2/c1-21(2)17-20-8-13(18)22-5-19-14(8)23(17)16-12(27)10(25)7(35-16)4-33-38(30,31)36-37(28,29)32-3-6-9(24)11(26)15(22)34-6/h5-7,9-12,15-16,18,24-27H,3-4H2,1-2H3,(H2,28,29,30,31)/t6-,7-,9-,10-,11-,12-,15-,16-/m1/s1. The van der Waals surface area contributed by atoms with Crippen molar-refractivity contribution in [2.24, 2.45) is 0 Å². The Hall–Kier alpha value is -1.83. The number of fused-ring (bicyclic) bond motifs is 7. The lowest BCUT2D eigenvalue weighted by atomic mass is 10.1. The summed E-state index contributed by atoms with van der Waals surface area (Å²) in [6, 6.07) is 0. The van der Waals surface area contributed by atoms with E-state index in [9.17, 15) is 39.3 Å². The van der Waals surface area contributed by atoms with Gasteiger partial charge >= 0.3 is 7.82 Å². The molecule has 2 saturated heterocycles. The molecule has 0 aliphatic carbocycles.